The molecular weight excluding hydrogens is 418 g/mol. The van der Waals surface area contributed by atoms with Crippen molar-refractivity contribution >= 4 is 0 Å². The number of rotatable bonds is 4. The van der Waals surface area contributed by atoms with Crippen molar-refractivity contribution in [3.05, 3.63) is 112 Å². The lowest BCUT2D eigenvalue weighted by molar-refractivity contribution is 0.475. The van der Waals surface area contributed by atoms with Crippen molar-refractivity contribution in [2.75, 3.05) is 0 Å². The first-order valence-electron chi connectivity index (χ1n) is 10.1. The molecule has 0 amide bonds. The van der Waals surface area contributed by atoms with E-state index in [1.54, 1.807) is 12.1 Å². The molecule has 0 atom stereocenters. The van der Waals surface area contributed by atoms with Crippen molar-refractivity contribution < 1.29 is 5.11 Å². The van der Waals surface area contributed by atoms with Gasteiger partial charge in [-0.1, -0.05) is 60.7 Å². The molecular formula is C25H17N5O3. The molecule has 5 rings (SSSR count). The normalized spacial score (nSPS) is 10.8. The quantitative estimate of drug-likeness (QED) is 0.447. The van der Waals surface area contributed by atoms with Crippen molar-refractivity contribution in [1.29, 1.82) is 0 Å². The Balaban J connectivity index is 1.73. The highest BCUT2D eigenvalue weighted by Gasteiger charge is 2.17. The Bertz CT molecular complexity index is 1540. The summed E-state index contributed by atoms with van der Waals surface area (Å²) in [7, 11) is 0. The molecule has 3 aromatic carbocycles. The van der Waals surface area contributed by atoms with E-state index in [-0.39, 0.29) is 11.4 Å². The molecule has 2 N–H and O–H groups in total. The van der Waals surface area contributed by atoms with Crippen LogP contribution in [0, 0.1) is 0 Å². The largest absolute Gasteiger partial charge is 0.508 e. The number of phenols is 1. The molecule has 0 radical (unpaired) electrons. The average molecular weight is 435 g/mol. The molecule has 0 unspecified atom stereocenters. The molecule has 0 saturated heterocycles. The second-order valence-corrected chi connectivity index (χ2v) is 7.25. The number of H-pyrrole nitrogens is 1. The van der Waals surface area contributed by atoms with Gasteiger partial charge in [0.15, 0.2) is 0 Å². The van der Waals surface area contributed by atoms with Crippen LogP contribution in [0.3, 0.4) is 0 Å². The van der Waals surface area contributed by atoms with E-state index in [9.17, 15) is 14.7 Å². The SMILES string of the molecule is O=c1[nH]nc(-c2ccc(O)cc2)cc1-n1nc(-c2ccccc2)c(-c2ccccc2)nc1=O. The first kappa shape index (κ1) is 20.1. The number of hydrogen-bond donors (Lipinski definition) is 2. The molecule has 0 saturated carbocycles. The molecule has 0 spiro atoms. The molecule has 0 aliphatic heterocycles. The van der Waals surface area contributed by atoms with E-state index >= 15 is 0 Å². The van der Waals surface area contributed by atoms with Crippen LogP contribution < -0.4 is 11.2 Å². The van der Waals surface area contributed by atoms with Crippen LogP contribution in [0.5, 0.6) is 5.75 Å². The minimum Gasteiger partial charge on any atom is -0.508 e. The maximum absolute atomic E-state index is 13.0. The smallest absolute Gasteiger partial charge is 0.369 e. The van der Waals surface area contributed by atoms with Crippen LogP contribution in [0.25, 0.3) is 39.5 Å². The minimum atomic E-state index is -0.693. The van der Waals surface area contributed by atoms with Gasteiger partial charge in [-0.15, -0.1) is 0 Å². The van der Waals surface area contributed by atoms with Gasteiger partial charge in [-0.05, 0) is 30.3 Å². The predicted octanol–water partition coefficient (Wildman–Crippen LogP) is 3.42. The second-order valence-electron chi connectivity index (χ2n) is 7.25. The van der Waals surface area contributed by atoms with E-state index in [4.69, 9.17) is 0 Å². The van der Waals surface area contributed by atoms with E-state index in [2.05, 4.69) is 20.3 Å². The lowest BCUT2D eigenvalue weighted by Crippen LogP contribution is -2.30. The zero-order valence-corrected chi connectivity index (χ0v) is 17.2. The van der Waals surface area contributed by atoms with Crippen LogP contribution in [0.4, 0.5) is 0 Å². The van der Waals surface area contributed by atoms with Crippen molar-refractivity contribution in [3.8, 4) is 45.2 Å². The molecule has 8 heteroatoms. The number of aromatic amines is 1. The highest BCUT2D eigenvalue weighted by Crippen LogP contribution is 2.27. The van der Waals surface area contributed by atoms with E-state index in [0.717, 1.165) is 15.8 Å². The summed E-state index contributed by atoms with van der Waals surface area (Å²) < 4.78 is 0.985. The molecule has 8 nitrogen and oxygen atoms in total. The maximum Gasteiger partial charge on any atom is 0.369 e. The predicted molar refractivity (Wildman–Crippen MR) is 124 cm³/mol. The summed E-state index contributed by atoms with van der Waals surface area (Å²) in [5, 5.41) is 20.6. The number of phenolic OH excluding ortho intramolecular Hbond substituents is 1. The van der Waals surface area contributed by atoms with Crippen molar-refractivity contribution in [2.45, 2.75) is 0 Å². The van der Waals surface area contributed by atoms with Gasteiger partial charge in [-0.25, -0.2) is 9.89 Å². The third-order valence-electron chi connectivity index (χ3n) is 5.08. The fourth-order valence-corrected chi connectivity index (χ4v) is 3.46. The van der Waals surface area contributed by atoms with Crippen LogP contribution >= 0.6 is 0 Å². The van der Waals surface area contributed by atoms with Gasteiger partial charge in [0.25, 0.3) is 5.56 Å². The van der Waals surface area contributed by atoms with Crippen molar-refractivity contribution in [1.82, 2.24) is 25.0 Å². The van der Waals surface area contributed by atoms with Crippen LogP contribution in [-0.2, 0) is 0 Å². The molecule has 2 aromatic heterocycles. The zero-order valence-electron chi connectivity index (χ0n) is 17.2. The average Bonchev–Trinajstić information content (AvgIpc) is 2.86. The number of nitrogens with zero attached hydrogens (tertiary/aromatic N) is 4. The van der Waals surface area contributed by atoms with E-state index < -0.39 is 11.2 Å². The molecule has 160 valence electrons. The summed E-state index contributed by atoms with van der Waals surface area (Å²) in [6, 6.07) is 26.4. The van der Waals surface area contributed by atoms with Gasteiger partial charge in [-0.3, -0.25) is 4.79 Å². The molecule has 5 aromatic rings. The Morgan fingerprint density at radius 3 is 1.97 bits per heavy atom. The topological polar surface area (TPSA) is 114 Å². The van der Waals surface area contributed by atoms with Gasteiger partial charge in [0, 0.05) is 16.7 Å². The molecule has 0 aliphatic rings. The fraction of sp³-hybridized carbons (Fsp3) is 0. The fourth-order valence-electron chi connectivity index (χ4n) is 3.46. The number of aromatic nitrogens is 5. The summed E-state index contributed by atoms with van der Waals surface area (Å²) in [5.74, 6) is 0.106. The first-order valence-corrected chi connectivity index (χ1v) is 10.1. The van der Waals surface area contributed by atoms with E-state index in [0.29, 0.717) is 22.6 Å². The summed E-state index contributed by atoms with van der Waals surface area (Å²) in [6.07, 6.45) is 0. The highest BCUT2D eigenvalue weighted by atomic mass is 16.3. The van der Waals surface area contributed by atoms with Crippen LogP contribution in [0.1, 0.15) is 0 Å². The Labute approximate surface area is 187 Å². The molecule has 33 heavy (non-hydrogen) atoms. The van der Waals surface area contributed by atoms with Crippen molar-refractivity contribution in [3.63, 3.8) is 0 Å². The lowest BCUT2D eigenvalue weighted by atomic mass is 10.0. The van der Waals surface area contributed by atoms with Gasteiger partial charge >= 0.3 is 5.69 Å². The first-order chi connectivity index (χ1) is 16.1. The van der Waals surface area contributed by atoms with E-state index in [1.807, 2.05) is 60.7 Å². The minimum absolute atomic E-state index is 0.0117. The monoisotopic (exact) mass is 435 g/mol. The van der Waals surface area contributed by atoms with Crippen LogP contribution in [-0.4, -0.2) is 30.1 Å². The summed E-state index contributed by atoms with van der Waals surface area (Å²) >= 11 is 0. The van der Waals surface area contributed by atoms with Crippen LogP contribution in [0.15, 0.2) is 101 Å². The third kappa shape index (κ3) is 3.92. The standard InChI is InChI=1S/C25H17N5O3/c31-19-13-11-16(12-14-19)20-15-21(24(32)28-27-20)30-25(33)26-22(17-7-3-1-4-8-17)23(29-30)18-9-5-2-6-10-18/h1-15,31H,(H,28,32). The van der Waals surface area contributed by atoms with Gasteiger partial charge < -0.3 is 5.11 Å². The van der Waals surface area contributed by atoms with Gasteiger partial charge in [0.2, 0.25) is 0 Å². The Morgan fingerprint density at radius 1 is 0.727 bits per heavy atom. The second kappa shape index (κ2) is 8.35. The summed E-state index contributed by atoms with van der Waals surface area (Å²) in [4.78, 5) is 29.9. The highest BCUT2D eigenvalue weighted by molar-refractivity contribution is 5.77. The molecule has 2 heterocycles. The molecule has 0 aliphatic carbocycles. The van der Waals surface area contributed by atoms with Crippen molar-refractivity contribution in [2.24, 2.45) is 0 Å². The number of nitrogens with one attached hydrogen (secondary N) is 1. The Hall–Kier alpha value is -4.85. The van der Waals surface area contributed by atoms with Gasteiger partial charge in [-0.2, -0.15) is 19.9 Å². The Kier molecular flexibility index (Phi) is 5.08. The molecule has 0 fully saturated rings. The maximum atomic E-state index is 13.0. The Morgan fingerprint density at radius 2 is 1.33 bits per heavy atom. The zero-order chi connectivity index (χ0) is 22.8. The summed E-state index contributed by atoms with van der Waals surface area (Å²) in [5.41, 5.74) is 2.14. The van der Waals surface area contributed by atoms with Gasteiger partial charge in [0.1, 0.15) is 22.8 Å². The number of hydrogen-bond acceptors (Lipinski definition) is 6. The number of aromatic hydroxyl groups is 1. The number of benzene rings is 3. The van der Waals surface area contributed by atoms with Gasteiger partial charge in [0.05, 0.1) is 5.69 Å². The third-order valence-corrected chi connectivity index (χ3v) is 5.08. The van der Waals surface area contributed by atoms with E-state index in [1.165, 1.54) is 18.2 Å². The van der Waals surface area contributed by atoms with Crippen LogP contribution in [0.2, 0.25) is 0 Å². The lowest BCUT2D eigenvalue weighted by Gasteiger charge is -2.12. The summed E-state index contributed by atoms with van der Waals surface area (Å²) in [6.45, 7) is 0. The molecule has 0 bridgehead atoms.